The predicted molar refractivity (Wildman–Crippen MR) is 128 cm³/mol. The minimum atomic E-state index is -4.14. The molecule has 0 amide bonds. The van der Waals surface area contributed by atoms with Crippen LogP contribution in [-0.2, 0) is 21.4 Å². The number of methoxy groups -OCH3 is 1. The number of fused-ring (bicyclic) bond motifs is 1. The highest BCUT2D eigenvalue weighted by Gasteiger charge is 2.41. The number of ether oxygens (including phenoxy) is 2. The van der Waals surface area contributed by atoms with Gasteiger partial charge in [-0.2, -0.15) is 4.31 Å². The lowest BCUT2D eigenvalue weighted by Crippen LogP contribution is -2.40. The van der Waals surface area contributed by atoms with Crippen LogP contribution < -0.4 is 9.47 Å². The number of nitrogens with zero attached hydrogens (tertiary/aromatic N) is 2. The number of sulfonamides is 1. The molecular formula is C24H25ClN2O6S. The van der Waals surface area contributed by atoms with E-state index < -0.39 is 22.0 Å². The lowest BCUT2D eigenvalue weighted by molar-refractivity contribution is -0.140. The van der Waals surface area contributed by atoms with Crippen molar-refractivity contribution in [1.82, 2.24) is 9.29 Å². The second kappa shape index (κ2) is 9.40. The second-order valence-corrected chi connectivity index (χ2v) is 10.5. The van der Waals surface area contributed by atoms with Crippen LogP contribution in [0.25, 0.3) is 10.9 Å². The summed E-state index contributed by atoms with van der Waals surface area (Å²) in [5.74, 6) is -0.614. The van der Waals surface area contributed by atoms with Gasteiger partial charge in [-0.3, -0.25) is 4.79 Å². The molecule has 0 aliphatic carbocycles. The van der Waals surface area contributed by atoms with E-state index in [4.69, 9.17) is 21.1 Å². The fourth-order valence-corrected chi connectivity index (χ4v) is 6.40. The highest BCUT2D eigenvalue weighted by molar-refractivity contribution is 7.89. The summed E-state index contributed by atoms with van der Waals surface area (Å²) in [4.78, 5) is 16.1. The van der Waals surface area contributed by atoms with Crippen LogP contribution in [-0.4, -0.2) is 48.5 Å². The van der Waals surface area contributed by atoms with Gasteiger partial charge in [0.05, 0.1) is 17.7 Å². The molecule has 1 atom stereocenters. The Morgan fingerprint density at radius 3 is 2.74 bits per heavy atom. The van der Waals surface area contributed by atoms with Gasteiger partial charge in [-0.1, -0.05) is 23.7 Å². The summed E-state index contributed by atoms with van der Waals surface area (Å²) in [6.07, 6.45) is 0.725. The first-order chi connectivity index (χ1) is 16.1. The Kier molecular flexibility index (Phi) is 6.71. The molecule has 1 fully saturated rings. The van der Waals surface area contributed by atoms with Gasteiger partial charge in [-0.15, -0.1) is 0 Å². The largest absolute Gasteiger partial charge is 0.495 e. The quantitative estimate of drug-likeness (QED) is 0.510. The summed E-state index contributed by atoms with van der Waals surface area (Å²) in [5.41, 5.74) is 2.96. The topological polar surface area (TPSA) is 106 Å². The van der Waals surface area contributed by atoms with Crippen molar-refractivity contribution in [1.29, 1.82) is 0 Å². The molecule has 2 aromatic carbocycles. The van der Waals surface area contributed by atoms with E-state index in [2.05, 4.69) is 4.98 Å². The first-order valence-electron chi connectivity index (χ1n) is 10.7. The third kappa shape index (κ3) is 4.31. The third-order valence-corrected chi connectivity index (χ3v) is 8.24. The van der Waals surface area contributed by atoms with E-state index in [1.165, 1.54) is 19.2 Å². The fourth-order valence-electron chi connectivity index (χ4n) is 4.37. The van der Waals surface area contributed by atoms with Gasteiger partial charge >= 0.3 is 5.97 Å². The molecule has 1 aliphatic heterocycles. The van der Waals surface area contributed by atoms with Gasteiger partial charge in [-0.25, -0.2) is 13.4 Å². The van der Waals surface area contributed by atoms with Gasteiger partial charge in [0, 0.05) is 17.6 Å². The van der Waals surface area contributed by atoms with E-state index in [1.807, 2.05) is 32.0 Å². The summed E-state index contributed by atoms with van der Waals surface area (Å²) < 4.78 is 39.4. The minimum absolute atomic E-state index is 0.0316. The van der Waals surface area contributed by atoms with Crippen LogP contribution in [0.1, 0.15) is 29.7 Å². The summed E-state index contributed by atoms with van der Waals surface area (Å²) in [5, 5.41) is 10.7. The number of para-hydroxylation sites is 1. The number of halogens is 1. The molecule has 1 N–H and O–H groups in total. The Hall–Kier alpha value is -2.88. The second-order valence-electron chi connectivity index (χ2n) is 8.19. The Balaban J connectivity index is 1.73. The lowest BCUT2D eigenvalue weighted by Gasteiger charge is -2.23. The molecule has 1 aliphatic rings. The van der Waals surface area contributed by atoms with Crippen molar-refractivity contribution in [3.8, 4) is 11.5 Å². The smallest absolute Gasteiger partial charge is 0.322 e. The van der Waals surface area contributed by atoms with Gasteiger partial charge in [0.15, 0.2) is 0 Å². The number of aryl methyl sites for hydroxylation is 2. The van der Waals surface area contributed by atoms with E-state index in [1.54, 1.807) is 6.07 Å². The predicted octanol–water partition coefficient (Wildman–Crippen LogP) is 4.33. The molecule has 3 aromatic rings. The lowest BCUT2D eigenvalue weighted by atomic mass is 10.1. The average molecular weight is 505 g/mol. The van der Waals surface area contributed by atoms with Gasteiger partial charge in [-0.05, 0) is 56.5 Å². The Morgan fingerprint density at radius 1 is 1.26 bits per heavy atom. The summed E-state index contributed by atoms with van der Waals surface area (Å²) in [7, 11) is -2.80. The maximum atomic E-state index is 13.4. The molecule has 180 valence electrons. The first kappa shape index (κ1) is 24.3. The maximum Gasteiger partial charge on any atom is 0.322 e. The van der Waals surface area contributed by atoms with Gasteiger partial charge < -0.3 is 14.6 Å². The summed E-state index contributed by atoms with van der Waals surface area (Å²) in [6, 6.07) is 9.28. The molecule has 0 unspecified atom stereocenters. The highest BCUT2D eigenvalue weighted by Crippen LogP contribution is 2.38. The van der Waals surface area contributed by atoms with Gasteiger partial charge in [0.1, 0.15) is 34.6 Å². The van der Waals surface area contributed by atoms with Crippen LogP contribution in [0.2, 0.25) is 5.02 Å². The number of hydrogen-bond donors (Lipinski definition) is 1. The average Bonchev–Trinajstić information content (AvgIpc) is 3.29. The molecule has 4 rings (SSSR count). The number of benzene rings is 2. The monoisotopic (exact) mass is 504 g/mol. The van der Waals surface area contributed by atoms with Crippen molar-refractivity contribution in [3.63, 3.8) is 0 Å². The van der Waals surface area contributed by atoms with Crippen LogP contribution in [0.15, 0.2) is 41.3 Å². The van der Waals surface area contributed by atoms with Crippen molar-refractivity contribution in [2.75, 3.05) is 13.7 Å². The number of carboxylic acid groups (broad SMARTS) is 1. The number of pyridine rings is 1. The van der Waals surface area contributed by atoms with Crippen molar-refractivity contribution in [3.05, 3.63) is 58.2 Å². The molecule has 8 nitrogen and oxygen atoms in total. The zero-order chi connectivity index (χ0) is 24.6. The molecule has 2 heterocycles. The molecule has 34 heavy (non-hydrogen) atoms. The van der Waals surface area contributed by atoms with Crippen LogP contribution in [0.4, 0.5) is 0 Å². The Bertz CT molecular complexity index is 1380. The van der Waals surface area contributed by atoms with E-state index in [-0.39, 0.29) is 35.2 Å². The standard InChI is InChI=1S/C24H25ClN2O6S/c1-14-12-15(2)26-22-16(14)6-4-8-20(22)33-13-17-18(25)9-10-21(23(17)32-3)34(30,31)27-11-5-7-19(27)24(28)29/h4,6,8-10,12,19H,5,7,11,13H2,1-3H3,(H,28,29)/t19-/m0/s1. The van der Waals surface area contributed by atoms with E-state index in [0.29, 0.717) is 23.3 Å². The number of rotatable bonds is 7. The zero-order valence-corrected chi connectivity index (χ0v) is 20.6. The molecule has 0 saturated carbocycles. The summed E-state index contributed by atoms with van der Waals surface area (Å²) in [6.45, 7) is 3.96. The SMILES string of the molecule is COc1c(S(=O)(=O)N2CCC[C@H]2C(=O)O)ccc(Cl)c1COc1cccc2c(C)cc(C)nc12. The fraction of sp³-hybridized carbons (Fsp3) is 0.333. The van der Waals surface area contributed by atoms with E-state index in [0.717, 1.165) is 20.9 Å². The summed E-state index contributed by atoms with van der Waals surface area (Å²) >= 11 is 6.43. The van der Waals surface area contributed by atoms with Crippen LogP contribution >= 0.6 is 11.6 Å². The number of carbonyl (C=O) groups is 1. The van der Waals surface area contributed by atoms with Crippen LogP contribution in [0.5, 0.6) is 11.5 Å². The van der Waals surface area contributed by atoms with Crippen molar-refractivity contribution in [2.45, 2.75) is 44.2 Å². The molecule has 1 aromatic heterocycles. The number of hydrogen-bond acceptors (Lipinski definition) is 6. The highest BCUT2D eigenvalue weighted by atomic mass is 35.5. The Labute approximate surface area is 203 Å². The molecular weight excluding hydrogens is 480 g/mol. The maximum absolute atomic E-state index is 13.4. The van der Waals surface area contributed by atoms with E-state index >= 15 is 0 Å². The molecule has 0 bridgehead atoms. The molecule has 0 radical (unpaired) electrons. The normalized spacial score (nSPS) is 16.6. The molecule has 10 heteroatoms. The zero-order valence-electron chi connectivity index (χ0n) is 19.0. The number of aliphatic carboxylic acids is 1. The van der Waals surface area contributed by atoms with Crippen LogP contribution in [0, 0.1) is 13.8 Å². The first-order valence-corrected chi connectivity index (χ1v) is 12.6. The minimum Gasteiger partial charge on any atom is -0.495 e. The number of carboxylic acids is 1. The van der Waals surface area contributed by atoms with Crippen LogP contribution in [0.3, 0.4) is 0 Å². The molecule has 1 saturated heterocycles. The van der Waals surface area contributed by atoms with E-state index in [9.17, 15) is 18.3 Å². The third-order valence-electron chi connectivity index (χ3n) is 5.96. The van der Waals surface area contributed by atoms with Crippen molar-refractivity contribution < 1.29 is 27.8 Å². The van der Waals surface area contributed by atoms with Crippen molar-refractivity contribution in [2.24, 2.45) is 0 Å². The molecule has 0 spiro atoms. The Morgan fingerprint density at radius 2 is 2.03 bits per heavy atom. The van der Waals surface area contributed by atoms with Crippen molar-refractivity contribution >= 4 is 38.5 Å². The van der Waals surface area contributed by atoms with Gasteiger partial charge in [0.25, 0.3) is 0 Å². The van der Waals surface area contributed by atoms with Gasteiger partial charge in [0.2, 0.25) is 10.0 Å². The number of aromatic nitrogens is 1.